The number of hydroxylamine groups is 2. The Morgan fingerprint density at radius 1 is 1.30 bits per heavy atom. The molecule has 9 heteroatoms. The fraction of sp³-hybridized carbons (Fsp3) is 0.357. The third-order valence-electron chi connectivity index (χ3n) is 3.13. The van der Waals surface area contributed by atoms with E-state index in [-0.39, 0.29) is 18.2 Å². The molecule has 0 aliphatic heterocycles. The highest BCUT2D eigenvalue weighted by Crippen LogP contribution is 2.29. The quantitative estimate of drug-likeness (QED) is 0.789. The van der Waals surface area contributed by atoms with Crippen LogP contribution in [0.4, 0.5) is 13.2 Å². The summed E-state index contributed by atoms with van der Waals surface area (Å²) in [6.07, 6.45) is -3.93. The Balaban J connectivity index is 2.02. The molecule has 6 nitrogen and oxygen atoms in total. The number of amides is 1. The van der Waals surface area contributed by atoms with Crippen LogP contribution in [-0.4, -0.2) is 35.3 Å². The van der Waals surface area contributed by atoms with E-state index >= 15 is 0 Å². The summed E-state index contributed by atoms with van der Waals surface area (Å²) < 4.78 is 41.4. The summed E-state index contributed by atoms with van der Waals surface area (Å²) in [5, 5.41) is 4.44. The van der Waals surface area contributed by atoms with Crippen molar-refractivity contribution in [3.63, 3.8) is 0 Å². The molecule has 2 rings (SSSR count). The van der Waals surface area contributed by atoms with Gasteiger partial charge in [0.25, 0.3) is 0 Å². The largest absolute Gasteiger partial charge is 0.471 e. The first kappa shape index (κ1) is 16.9. The molecule has 0 radical (unpaired) electrons. The van der Waals surface area contributed by atoms with Crippen LogP contribution in [0.1, 0.15) is 17.9 Å². The summed E-state index contributed by atoms with van der Waals surface area (Å²) in [4.78, 5) is 19.7. The zero-order valence-electron chi connectivity index (χ0n) is 12.4. The van der Waals surface area contributed by atoms with Crippen molar-refractivity contribution in [2.75, 3.05) is 14.2 Å². The second-order valence-electron chi connectivity index (χ2n) is 4.69. The first-order valence-electron chi connectivity index (χ1n) is 6.62. The van der Waals surface area contributed by atoms with Crippen molar-refractivity contribution in [3.05, 3.63) is 35.7 Å². The molecule has 23 heavy (non-hydrogen) atoms. The van der Waals surface area contributed by atoms with E-state index in [1.54, 1.807) is 24.3 Å². The molecule has 1 heterocycles. The van der Waals surface area contributed by atoms with Gasteiger partial charge in [-0.1, -0.05) is 29.4 Å². The van der Waals surface area contributed by atoms with Gasteiger partial charge >= 0.3 is 12.1 Å². The number of halogens is 3. The molecule has 0 aliphatic rings. The Hall–Kier alpha value is -2.42. The summed E-state index contributed by atoms with van der Waals surface area (Å²) in [5.74, 6) is -1.70. The molecular weight excluding hydrogens is 315 g/mol. The second-order valence-corrected chi connectivity index (χ2v) is 4.69. The molecule has 0 saturated carbocycles. The maximum Gasteiger partial charge on any atom is 0.471 e. The maximum absolute atomic E-state index is 12.4. The van der Waals surface area contributed by atoms with E-state index in [1.807, 2.05) is 0 Å². The van der Waals surface area contributed by atoms with Gasteiger partial charge in [-0.15, -0.1) is 0 Å². The van der Waals surface area contributed by atoms with Crippen LogP contribution < -0.4 is 0 Å². The predicted octanol–water partition coefficient (Wildman–Crippen LogP) is 2.71. The second kappa shape index (κ2) is 6.78. The first-order valence-corrected chi connectivity index (χ1v) is 6.62. The number of alkyl halides is 3. The number of aryl methyl sites for hydroxylation is 1. The van der Waals surface area contributed by atoms with Gasteiger partial charge in [-0.3, -0.25) is 9.63 Å². The lowest BCUT2D eigenvalue weighted by Gasteiger charge is -2.13. The van der Waals surface area contributed by atoms with Crippen LogP contribution >= 0.6 is 0 Å². The Morgan fingerprint density at radius 2 is 1.96 bits per heavy atom. The first-order chi connectivity index (χ1) is 10.8. The van der Waals surface area contributed by atoms with E-state index in [4.69, 9.17) is 4.84 Å². The minimum atomic E-state index is -4.67. The van der Waals surface area contributed by atoms with Gasteiger partial charge in [0, 0.05) is 19.0 Å². The molecular formula is C14H14F3N3O3. The number of carbonyl (C=O) groups excluding carboxylic acids is 1. The minimum absolute atomic E-state index is 0.140. The Bertz CT molecular complexity index is 668. The van der Waals surface area contributed by atoms with Crippen LogP contribution in [0.5, 0.6) is 0 Å². The van der Waals surface area contributed by atoms with Crippen molar-refractivity contribution < 1.29 is 27.3 Å². The topological polar surface area (TPSA) is 68.5 Å². The van der Waals surface area contributed by atoms with E-state index < -0.39 is 12.1 Å². The number of rotatable bonds is 5. The molecule has 0 bridgehead atoms. The van der Waals surface area contributed by atoms with Crippen molar-refractivity contribution in [3.8, 4) is 11.4 Å². The molecule has 0 N–H and O–H groups in total. The lowest BCUT2D eigenvalue weighted by atomic mass is 10.1. The van der Waals surface area contributed by atoms with Crippen molar-refractivity contribution in [2.24, 2.45) is 0 Å². The minimum Gasteiger partial charge on any atom is -0.329 e. The third kappa shape index (κ3) is 4.28. The van der Waals surface area contributed by atoms with Crippen LogP contribution in [0.2, 0.25) is 0 Å². The fourth-order valence-electron chi connectivity index (χ4n) is 1.79. The standard InChI is InChI=1S/C14H14F3N3O3/c1-20(22-2)11(21)8-5-9-3-6-10(7-4-9)12-18-13(23-19-12)14(15,16)17/h3-4,6-7H,5,8H2,1-2H3. The molecule has 2 aromatic rings. The molecule has 0 unspecified atom stereocenters. The highest BCUT2D eigenvalue weighted by molar-refractivity contribution is 5.75. The van der Waals surface area contributed by atoms with Gasteiger partial charge in [-0.25, -0.2) is 5.06 Å². The number of hydrogen-bond acceptors (Lipinski definition) is 5. The average molecular weight is 329 g/mol. The molecule has 0 atom stereocenters. The normalized spacial score (nSPS) is 11.5. The van der Waals surface area contributed by atoms with Crippen LogP contribution in [-0.2, 0) is 22.2 Å². The Kier molecular flexibility index (Phi) is 4.99. The third-order valence-corrected chi connectivity index (χ3v) is 3.13. The number of aromatic nitrogens is 2. The van der Waals surface area contributed by atoms with Gasteiger partial charge in [0.05, 0.1) is 7.11 Å². The monoisotopic (exact) mass is 329 g/mol. The van der Waals surface area contributed by atoms with Crippen molar-refractivity contribution >= 4 is 5.91 Å². The number of nitrogens with zero attached hydrogens (tertiary/aromatic N) is 3. The highest BCUT2D eigenvalue weighted by atomic mass is 19.4. The zero-order chi connectivity index (χ0) is 17.0. The van der Waals surface area contributed by atoms with Gasteiger partial charge in [0.2, 0.25) is 11.7 Å². The van der Waals surface area contributed by atoms with Gasteiger partial charge in [0.15, 0.2) is 0 Å². The summed E-state index contributed by atoms with van der Waals surface area (Å²) in [6, 6.07) is 6.54. The van der Waals surface area contributed by atoms with Gasteiger partial charge < -0.3 is 4.52 Å². The Morgan fingerprint density at radius 3 is 2.48 bits per heavy atom. The lowest BCUT2D eigenvalue weighted by molar-refractivity contribution is -0.168. The smallest absolute Gasteiger partial charge is 0.329 e. The van der Waals surface area contributed by atoms with Crippen molar-refractivity contribution in [1.82, 2.24) is 15.2 Å². The zero-order valence-corrected chi connectivity index (χ0v) is 12.4. The summed E-state index contributed by atoms with van der Waals surface area (Å²) in [6.45, 7) is 0. The van der Waals surface area contributed by atoms with Gasteiger partial charge in [-0.05, 0) is 12.0 Å². The van der Waals surface area contributed by atoms with Gasteiger partial charge in [-0.2, -0.15) is 18.2 Å². The fourth-order valence-corrected chi connectivity index (χ4v) is 1.79. The Labute approximate surface area is 129 Å². The number of hydrogen-bond donors (Lipinski definition) is 0. The number of benzene rings is 1. The van der Waals surface area contributed by atoms with Crippen LogP contribution in [0.25, 0.3) is 11.4 Å². The molecule has 124 valence electrons. The van der Waals surface area contributed by atoms with Crippen LogP contribution in [0.15, 0.2) is 28.8 Å². The van der Waals surface area contributed by atoms with Crippen LogP contribution in [0.3, 0.4) is 0 Å². The predicted molar refractivity (Wildman–Crippen MR) is 72.8 cm³/mol. The van der Waals surface area contributed by atoms with E-state index in [2.05, 4.69) is 14.7 Å². The van der Waals surface area contributed by atoms with Crippen molar-refractivity contribution in [2.45, 2.75) is 19.0 Å². The van der Waals surface area contributed by atoms with Crippen molar-refractivity contribution in [1.29, 1.82) is 0 Å². The molecule has 1 amide bonds. The van der Waals surface area contributed by atoms with Gasteiger partial charge in [0.1, 0.15) is 0 Å². The maximum atomic E-state index is 12.4. The average Bonchev–Trinajstić information content (AvgIpc) is 3.02. The lowest BCUT2D eigenvalue weighted by Crippen LogP contribution is -2.25. The molecule has 0 saturated heterocycles. The number of carbonyl (C=O) groups is 1. The molecule has 0 spiro atoms. The SMILES string of the molecule is CON(C)C(=O)CCc1ccc(-c2noc(C(F)(F)F)n2)cc1. The summed E-state index contributed by atoms with van der Waals surface area (Å²) >= 11 is 0. The highest BCUT2D eigenvalue weighted by Gasteiger charge is 2.38. The van der Waals surface area contributed by atoms with E-state index in [0.29, 0.717) is 12.0 Å². The van der Waals surface area contributed by atoms with E-state index in [0.717, 1.165) is 10.6 Å². The van der Waals surface area contributed by atoms with Crippen LogP contribution in [0, 0.1) is 0 Å². The van der Waals surface area contributed by atoms with E-state index in [9.17, 15) is 18.0 Å². The molecule has 1 aromatic carbocycles. The van der Waals surface area contributed by atoms with E-state index in [1.165, 1.54) is 14.2 Å². The summed E-state index contributed by atoms with van der Waals surface area (Å²) in [5.41, 5.74) is 1.25. The summed E-state index contributed by atoms with van der Waals surface area (Å²) in [7, 11) is 2.91. The molecule has 0 aliphatic carbocycles. The molecule has 0 fully saturated rings. The molecule has 1 aromatic heterocycles.